The molecule has 0 bridgehead atoms. The van der Waals surface area contributed by atoms with Crippen LogP contribution in [0.4, 0.5) is 0 Å². The molecule has 0 spiro atoms. The summed E-state index contributed by atoms with van der Waals surface area (Å²) in [5, 5.41) is 4.38. The van der Waals surface area contributed by atoms with Crippen LogP contribution in [0.3, 0.4) is 0 Å². The fourth-order valence-corrected chi connectivity index (χ4v) is 1.69. The Morgan fingerprint density at radius 2 is 2.13 bits per heavy atom. The lowest BCUT2D eigenvalue weighted by Crippen LogP contribution is -2.21. The van der Waals surface area contributed by atoms with Gasteiger partial charge in [-0.1, -0.05) is 27.7 Å². The molecular formula is C12H23N3. The standard InChI is InChI=1S/C12H23N3/c1-10(2)8-15-9-11(7-14-15)12(3,4)5-6-13/h7,9-10H,5-6,8,13H2,1-4H3. The summed E-state index contributed by atoms with van der Waals surface area (Å²) < 4.78 is 2.03. The van der Waals surface area contributed by atoms with Crippen LogP contribution in [-0.4, -0.2) is 16.3 Å². The Morgan fingerprint density at radius 1 is 1.47 bits per heavy atom. The van der Waals surface area contributed by atoms with Gasteiger partial charge in [0.05, 0.1) is 6.20 Å². The topological polar surface area (TPSA) is 43.8 Å². The zero-order valence-electron chi connectivity index (χ0n) is 10.3. The molecule has 1 rings (SSSR count). The molecule has 0 atom stereocenters. The van der Waals surface area contributed by atoms with Crippen LogP contribution in [-0.2, 0) is 12.0 Å². The third-order valence-corrected chi connectivity index (χ3v) is 2.74. The van der Waals surface area contributed by atoms with E-state index in [9.17, 15) is 0 Å². The van der Waals surface area contributed by atoms with Gasteiger partial charge in [0.2, 0.25) is 0 Å². The third kappa shape index (κ3) is 3.34. The fraction of sp³-hybridized carbons (Fsp3) is 0.750. The quantitative estimate of drug-likeness (QED) is 0.807. The van der Waals surface area contributed by atoms with E-state index in [1.165, 1.54) is 5.56 Å². The minimum Gasteiger partial charge on any atom is -0.330 e. The van der Waals surface area contributed by atoms with Crippen LogP contribution >= 0.6 is 0 Å². The predicted octanol–water partition coefficient (Wildman–Crippen LogP) is 2.17. The van der Waals surface area contributed by atoms with E-state index in [1.54, 1.807) is 0 Å². The Hall–Kier alpha value is -0.830. The highest BCUT2D eigenvalue weighted by Gasteiger charge is 2.21. The maximum absolute atomic E-state index is 5.61. The van der Waals surface area contributed by atoms with Crippen LogP contribution in [0.1, 0.15) is 39.7 Å². The van der Waals surface area contributed by atoms with Gasteiger partial charge in [-0.25, -0.2) is 0 Å². The summed E-state index contributed by atoms with van der Waals surface area (Å²) in [7, 11) is 0. The molecule has 3 nitrogen and oxygen atoms in total. The molecule has 3 heteroatoms. The summed E-state index contributed by atoms with van der Waals surface area (Å²) in [6.07, 6.45) is 5.12. The van der Waals surface area contributed by atoms with Crippen molar-refractivity contribution in [3.63, 3.8) is 0 Å². The van der Waals surface area contributed by atoms with Gasteiger partial charge in [0, 0.05) is 12.7 Å². The van der Waals surface area contributed by atoms with Crippen molar-refractivity contribution in [3.8, 4) is 0 Å². The molecule has 0 saturated heterocycles. The number of aromatic nitrogens is 2. The molecule has 0 radical (unpaired) electrons. The summed E-state index contributed by atoms with van der Waals surface area (Å²) in [5.41, 5.74) is 7.04. The molecule has 2 N–H and O–H groups in total. The summed E-state index contributed by atoms with van der Waals surface area (Å²) in [5.74, 6) is 0.635. The van der Waals surface area contributed by atoms with E-state index in [-0.39, 0.29) is 5.41 Å². The second kappa shape index (κ2) is 4.79. The molecule has 1 aromatic rings. The average molecular weight is 209 g/mol. The Bertz CT molecular complexity index is 300. The summed E-state index contributed by atoms with van der Waals surface area (Å²) >= 11 is 0. The van der Waals surface area contributed by atoms with Crippen molar-refractivity contribution in [1.82, 2.24) is 9.78 Å². The maximum atomic E-state index is 5.61. The van der Waals surface area contributed by atoms with Crippen molar-refractivity contribution >= 4 is 0 Å². The van der Waals surface area contributed by atoms with Gasteiger partial charge < -0.3 is 5.73 Å². The van der Waals surface area contributed by atoms with Gasteiger partial charge >= 0.3 is 0 Å². The molecule has 0 aromatic carbocycles. The third-order valence-electron chi connectivity index (χ3n) is 2.74. The molecule has 0 aliphatic carbocycles. The second-order valence-electron chi connectivity index (χ2n) is 5.27. The molecule has 0 unspecified atom stereocenters. The van der Waals surface area contributed by atoms with E-state index in [4.69, 9.17) is 5.73 Å². The Morgan fingerprint density at radius 3 is 2.67 bits per heavy atom. The summed E-state index contributed by atoms with van der Waals surface area (Å²) in [6, 6.07) is 0. The molecule has 86 valence electrons. The predicted molar refractivity (Wildman–Crippen MR) is 63.8 cm³/mol. The van der Waals surface area contributed by atoms with Gasteiger partial charge in [-0.15, -0.1) is 0 Å². The van der Waals surface area contributed by atoms with Gasteiger partial charge in [0.15, 0.2) is 0 Å². The molecular weight excluding hydrogens is 186 g/mol. The van der Waals surface area contributed by atoms with Crippen LogP contribution < -0.4 is 5.73 Å². The number of rotatable bonds is 5. The molecule has 1 heterocycles. The zero-order valence-corrected chi connectivity index (χ0v) is 10.3. The van der Waals surface area contributed by atoms with E-state index in [0.29, 0.717) is 5.92 Å². The summed E-state index contributed by atoms with van der Waals surface area (Å²) in [6.45, 7) is 10.5. The minimum atomic E-state index is 0.143. The number of nitrogens with zero attached hydrogens (tertiary/aromatic N) is 2. The van der Waals surface area contributed by atoms with Gasteiger partial charge in [-0.05, 0) is 29.9 Å². The molecule has 0 saturated carbocycles. The van der Waals surface area contributed by atoms with E-state index in [1.807, 2.05) is 10.9 Å². The zero-order chi connectivity index (χ0) is 11.5. The van der Waals surface area contributed by atoms with Gasteiger partial charge in [0.1, 0.15) is 0 Å². The fourth-order valence-electron chi connectivity index (χ4n) is 1.69. The summed E-state index contributed by atoms with van der Waals surface area (Å²) in [4.78, 5) is 0. The van der Waals surface area contributed by atoms with Crippen LogP contribution in [0, 0.1) is 5.92 Å². The molecule has 1 aromatic heterocycles. The minimum absolute atomic E-state index is 0.143. The van der Waals surface area contributed by atoms with E-state index >= 15 is 0 Å². The van der Waals surface area contributed by atoms with Crippen molar-refractivity contribution < 1.29 is 0 Å². The first-order valence-corrected chi connectivity index (χ1v) is 5.68. The molecule has 0 aliphatic rings. The maximum Gasteiger partial charge on any atom is 0.0527 e. The van der Waals surface area contributed by atoms with Gasteiger partial charge in [-0.3, -0.25) is 4.68 Å². The lowest BCUT2D eigenvalue weighted by Gasteiger charge is -2.21. The lowest BCUT2D eigenvalue weighted by molar-refractivity contribution is 0.472. The Labute approximate surface area is 92.7 Å². The van der Waals surface area contributed by atoms with Gasteiger partial charge in [0.25, 0.3) is 0 Å². The smallest absolute Gasteiger partial charge is 0.0527 e. The second-order valence-corrected chi connectivity index (χ2v) is 5.27. The normalized spacial score (nSPS) is 12.4. The van der Waals surface area contributed by atoms with E-state index in [0.717, 1.165) is 19.5 Å². The van der Waals surface area contributed by atoms with Crippen molar-refractivity contribution in [2.75, 3.05) is 6.54 Å². The van der Waals surface area contributed by atoms with Crippen LogP contribution in [0.2, 0.25) is 0 Å². The SMILES string of the molecule is CC(C)Cn1cc(C(C)(C)CCN)cn1. The van der Waals surface area contributed by atoms with Crippen LogP contribution in [0.5, 0.6) is 0 Å². The Kier molecular flexibility index (Phi) is 3.91. The molecule has 15 heavy (non-hydrogen) atoms. The highest BCUT2D eigenvalue weighted by Crippen LogP contribution is 2.25. The van der Waals surface area contributed by atoms with Crippen LogP contribution in [0.15, 0.2) is 12.4 Å². The number of hydrogen-bond acceptors (Lipinski definition) is 2. The van der Waals surface area contributed by atoms with Crippen molar-refractivity contribution in [3.05, 3.63) is 18.0 Å². The largest absolute Gasteiger partial charge is 0.330 e. The number of hydrogen-bond donors (Lipinski definition) is 1. The first-order valence-electron chi connectivity index (χ1n) is 5.68. The molecule has 0 aliphatic heterocycles. The number of nitrogens with two attached hydrogens (primary N) is 1. The molecule has 0 amide bonds. The first kappa shape index (κ1) is 12.2. The van der Waals surface area contributed by atoms with Gasteiger partial charge in [-0.2, -0.15) is 5.10 Å². The average Bonchev–Trinajstić information content (AvgIpc) is 2.51. The monoisotopic (exact) mass is 209 g/mol. The first-order chi connectivity index (χ1) is 6.95. The van der Waals surface area contributed by atoms with Crippen molar-refractivity contribution in [1.29, 1.82) is 0 Å². The van der Waals surface area contributed by atoms with E-state index < -0.39 is 0 Å². The van der Waals surface area contributed by atoms with Crippen LogP contribution in [0.25, 0.3) is 0 Å². The van der Waals surface area contributed by atoms with Crippen molar-refractivity contribution in [2.45, 2.75) is 46.1 Å². The molecule has 0 fully saturated rings. The highest BCUT2D eigenvalue weighted by molar-refractivity contribution is 5.16. The highest BCUT2D eigenvalue weighted by atomic mass is 15.3. The Balaban J connectivity index is 2.74. The van der Waals surface area contributed by atoms with E-state index in [2.05, 4.69) is 39.0 Å². The lowest BCUT2D eigenvalue weighted by atomic mass is 9.83. The van der Waals surface area contributed by atoms with Crippen molar-refractivity contribution in [2.24, 2.45) is 11.7 Å².